The van der Waals surface area contributed by atoms with Gasteiger partial charge in [-0.25, -0.2) is 0 Å². The third-order valence-corrected chi connectivity index (χ3v) is 1.88. The third-order valence-electron chi connectivity index (χ3n) is 1.55. The van der Waals surface area contributed by atoms with Crippen molar-refractivity contribution in [2.75, 3.05) is 0 Å². The van der Waals surface area contributed by atoms with Gasteiger partial charge >= 0.3 is 5.97 Å². The van der Waals surface area contributed by atoms with Crippen molar-refractivity contribution in [2.24, 2.45) is 0 Å². The zero-order valence-electron chi connectivity index (χ0n) is 7.05. The van der Waals surface area contributed by atoms with Gasteiger partial charge in [0, 0.05) is 6.42 Å². The van der Waals surface area contributed by atoms with Crippen LogP contribution in [-0.2, 0) is 4.79 Å². The third kappa shape index (κ3) is 9.90. The van der Waals surface area contributed by atoms with E-state index in [1.54, 1.807) is 0 Å². The molecule has 2 atom stereocenters. The molecule has 0 radical (unpaired) electrons. The molecule has 0 heterocycles. The highest BCUT2D eigenvalue weighted by Crippen LogP contribution is 2.10. The summed E-state index contributed by atoms with van der Waals surface area (Å²) >= 11 is 0. The highest BCUT2D eigenvalue weighted by Gasteiger charge is 1.97. The fraction of sp³-hybridized carbons (Fsp3) is 0.875. The van der Waals surface area contributed by atoms with Crippen LogP contribution in [0.3, 0.4) is 0 Å². The number of unbranched alkanes of at least 4 members (excludes halogenated alkanes) is 2. The fourth-order valence-corrected chi connectivity index (χ4v) is 1.16. The van der Waals surface area contributed by atoms with Crippen LogP contribution in [0.15, 0.2) is 0 Å². The van der Waals surface area contributed by atoms with E-state index in [9.17, 15) is 4.79 Å². The zero-order chi connectivity index (χ0) is 8.69. The Bertz CT molecular complexity index is 113. The number of rotatable bonds is 6. The maximum absolute atomic E-state index is 10.1. The van der Waals surface area contributed by atoms with E-state index in [2.05, 4.69) is 16.2 Å². The summed E-state index contributed by atoms with van der Waals surface area (Å²) in [5.41, 5.74) is 0.667. The molecule has 2 unspecified atom stereocenters. The van der Waals surface area contributed by atoms with Crippen LogP contribution < -0.4 is 0 Å². The molecule has 0 saturated heterocycles. The molecular formula is C8H17O2P. The minimum absolute atomic E-state index is 0.325. The Kier molecular flexibility index (Phi) is 6.54. The summed E-state index contributed by atoms with van der Waals surface area (Å²) in [6.45, 7) is 2.15. The summed E-state index contributed by atoms with van der Waals surface area (Å²) in [5.74, 6) is -0.677. The van der Waals surface area contributed by atoms with Crippen molar-refractivity contribution in [3.8, 4) is 0 Å². The van der Waals surface area contributed by atoms with Gasteiger partial charge in [0.05, 0.1) is 0 Å². The molecule has 0 aliphatic heterocycles. The SMILES string of the molecule is CC(P)CCCCCC(=O)O. The van der Waals surface area contributed by atoms with E-state index in [0.717, 1.165) is 19.3 Å². The molecule has 0 amide bonds. The Balaban J connectivity index is 2.97. The standard InChI is InChI=1S/C8H17O2P/c1-7(11)5-3-2-4-6-8(9)10/h7H,2-6,11H2,1H3,(H,9,10). The molecule has 11 heavy (non-hydrogen) atoms. The maximum atomic E-state index is 10.1. The Hall–Kier alpha value is -0.100. The second-order valence-electron chi connectivity index (χ2n) is 2.97. The Morgan fingerprint density at radius 2 is 2.09 bits per heavy atom. The Labute approximate surface area is 70.6 Å². The van der Waals surface area contributed by atoms with Gasteiger partial charge in [-0.05, 0) is 18.5 Å². The fourth-order valence-electron chi connectivity index (χ4n) is 0.919. The van der Waals surface area contributed by atoms with Gasteiger partial charge in [-0.3, -0.25) is 4.79 Å². The van der Waals surface area contributed by atoms with Crippen LogP contribution in [-0.4, -0.2) is 16.7 Å². The van der Waals surface area contributed by atoms with Crippen molar-refractivity contribution in [1.82, 2.24) is 0 Å². The van der Waals surface area contributed by atoms with Crippen molar-refractivity contribution in [1.29, 1.82) is 0 Å². The molecule has 0 aromatic heterocycles. The van der Waals surface area contributed by atoms with Crippen molar-refractivity contribution in [3.05, 3.63) is 0 Å². The van der Waals surface area contributed by atoms with Crippen molar-refractivity contribution in [3.63, 3.8) is 0 Å². The summed E-state index contributed by atoms with van der Waals surface area (Å²) in [4.78, 5) is 10.1. The Morgan fingerprint density at radius 3 is 2.55 bits per heavy atom. The molecule has 0 saturated carbocycles. The second kappa shape index (κ2) is 6.60. The van der Waals surface area contributed by atoms with Crippen LogP contribution in [0.1, 0.15) is 39.0 Å². The molecule has 0 aliphatic carbocycles. The summed E-state index contributed by atoms with van der Waals surface area (Å²) in [6, 6.07) is 0. The van der Waals surface area contributed by atoms with E-state index < -0.39 is 5.97 Å². The van der Waals surface area contributed by atoms with E-state index in [-0.39, 0.29) is 0 Å². The zero-order valence-corrected chi connectivity index (χ0v) is 8.20. The summed E-state index contributed by atoms with van der Waals surface area (Å²) in [7, 11) is 2.75. The number of hydrogen-bond acceptors (Lipinski definition) is 1. The largest absolute Gasteiger partial charge is 0.481 e. The van der Waals surface area contributed by atoms with Gasteiger partial charge in [0.1, 0.15) is 0 Å². The van der Waals surface area contributed by atoms with Crippen LogP contribution in [0.5, 0.6) is 0 Å². The highest BCUT2D eigenvalue weighted by molar-refractivity contribution is 7.17. The lowest BCUT2D eigenvalue weighted by Crippen LogP contribution is -1.94. The number of hydrogen-bond donors (Lipinski definition) is 1. The van der Waals surface area contributed by atoms with Crippen LogP contribution in [0.4, 0.5) is 0 Å². The Morgan fingerprint density at radius 1 is 1.45 bits per heavy atom. The number of carboxylic acid groups (broad SMARTS) is 1. The van der Waals surface area contributed by atoms with Crippen molar-refractivity contribution < 1.29 is 9.90 Å². The molecule has 0 fully saturated rings. The molecule has 0 spiro atoms. The molecule has 0 rings (SSSR count). The minimum Gasteiger partial charge on any atom is -0.481 e. The highest BCUT2D eigenvalue weighted by atomic mass is 31.0. The van der Waals surface area contributed by atoms with E-state index in [1.807, 2.05) is 0 Å². The maximum Gasteiger partial charge on any atom is 0.303 e. The van der Waals surface area contributed by atoms with E-state index in [4.69, 9.17) is 5.11 Å². The van der Waals surface area contributed by atoms with E-state index in [0.29, 0.717) is 12.1 Å². The van der Waals surface area contributed by atoms with E-state index in [1.165, 1.54) is 6.42 Å². The van der Waals surface area contributed by atoms with E-state index >= 15 is 0 Å². The molecular weight excluding hydrogens is 159 g/mol. The van der Waals surface area contributed by atoms with Crippen molar-refractivity contribution in [2.45, 2.75) is 44.7 Å². The number of aliphatic carboxylic acids is 1. The molecule has 0 aromatic rings. The molecule has 1 N–H and O–H groups in total. The smallest absolute Gasteiger partial charge is 0.303 e. The number of carbonyl (C=O) groups is 1. The van der Waals surface area contributed by atoms with Gasteiger partial charge < -0.3 is 5.11 Å². The van der Waals surface area contributed by atoms with Crippen LogP contribution in [0, 0.1) is 0 Å². The average Bonchev–Trinajstić information content (AvgIpc) is 1.85. The van der Waals surface area contributed by atoms with Gasteiger partial charge in [-0.15, -0.1) is 9.24 Å². The van der Waals surface area contributed by atoms with Crippen LogP contribution in [0.25, 0.3) is 0 Å². The lowest BCUT2D eigenvalue weighted by Gasteiger charge is -2.02. The van der Waals surface area contributed by atoms with Gasteiger partial charge in [-0.1, -0.05) is 19.8 Å². The van der Waals surface area contributed by atoms with Crippen LogP contribution in [0.2, 0.25) is 0 Å². The average molecular weight is 176 g/mol. The first kappa shape index (κ1) is 10.9. The monoisotopic (exact) mass is 176 g/mol. The lowest BCUT2D eigenvalue weighted by molar-refractivity contribution is -0.137. The minimum atomic E-state index is -0.677. The normalized spacial score (nSPS) is 12.9. The predicted molar refractivity (Wildman–Crippen MR) is 49.9 cm³/mol. The van der Waals surface area contributed by atoms with Gasteiger partial charge in [0.25, 0.3) is 0 Å². The quantitative estimate of drug-likeness (QED) is 0.498. The molecule has 66 valence electrons. The van der Waals surface area contributed by atoms with Gasteiger partial charge in [0.15, 0.2) is 0 Å². The van der Waals surface area contributed by atoms with Gasteiger partial charge in [0.2, 0.25) is 0 Å². The topological polar surface area (TPSA) is 37.3 Å². The summed E-state index contributed by atoms with van der Waals surface area (Å²) in [6.07, 6.45) is 4.53. The summed E-state index contributed by atoms with van der Waals surface area (Å²) in [5, 5.41) is 8.32. The molecule has 3 heteroatoms. The lowest BCUT2D eigenvalue weighted by atomic mass is 10.1. The first-order chi connectivity index (χ1) is 5.13. The second-order valence-corrected chi connectivity index (χ2v) is 4.11. The number of carboxylic acids is 1. The first-order valence-corrected chi connectivity index (χ1v) is 4.77. The first-order valence-electron chi connectivity index (χ1n) is 4.10. The molecule has 0 aromatic carbocycles. The van der Waals surface area contributed by atoms with Crippen molar-refractivity contribution >= 4 is 15.2 Å². The molecule has 0 aliphatic rings. The summed E-state index contributed by atoms with van der Waals surface area (Å²) < 4.78 is 0. The molecule has 2 nitrogen and oxygen atoms in total. The predicted octanol–water partition coefficient (Wildman–Crippen LogP) is 2.29. The molecule has 0 bridgehead atoms. The van der Waals surface area contributed by atoms with Crippen LogP contribution >= 0.6 is 9.24 Å². The van der Waals surface area contributed by atoms with Gasteiger partial charge in [-0.2, -0.15) is 0 Å².